The van der Waals surface area contributed by atoms with Gasteiger partial charge < -0.3 is 19.4 Å². The Morgan fingerprint density at radius 2 is 1.77 bits per heavy atom. The van der Waals surface area contributed by atoms with Gasteiger partial charge in [0.2, 0.25) is 5.78 Å². The van der Waals surface area contributed by atoms with Crippen LogP contribution in [0.5, 0.6) is 0 Å². The number of nitrogens with one attached hydrogen (secondary N) is 1. The van der Waals surface area contributed by atoms with Gasteiger partial charge in [-0.25, -0.2) is 0 Å². The van der Waals surface area contributed by atoms with Gasteiger partial charge in [0.1, 0.15) is 6.54 Å². The first kappa shape index (κ1) is 23.3. The van der Waals surface area contributed by atoms with Gasteiger partial charge in [-0.3, -0.25) is 14.4 Å². The molecule has 1 amide bonds. The maximum Gasteiger partial charge on any atom is 0.325 e. The third-order valence-corrected chi connectivity index (χ3v) is 5.16. The molecule has 0 radical (unpaired) electrons. The van der Waals surface area contributed by atoms with Crippen LogP contribution >= 0.6 is 0 Å². The molecule has 1 unspecified atom stereocenters. The van der Waals surface area contributed by atoms with E-state index >= 15 is 0 Å². The van der Waals surface area contributed by atoms with Crippen molar-refractivity contribution in [3.05, 3.63) is 57.9 Å². The van der Waals surface area contributed by atoms with Crippen molar-refractivity contribution in [1.29, 1.82) is 0 Å². The number of rotatable bonds is 9. The number of Topliss-reactive ketones (excluding diaryl/α,β-unsaturated/α-hetero) is 1. The zero-order chi connectivity index (χ0) is 22.4. The van der Waals surface area contributed by atoms with Gasteiger partial charge >= 0.3 is 5.97 Å². The van der Waals surface area contributed by atoms with Crippen LogP contribution < -0.4 is 5.32 Å². The number of methoxy groups -OCH3 is 1. The molecule has 0 saturated heterocycles. The maximum atomic E-state index is 12.5. The molecule has 7 nitrogen and oxygen atoms in total. The number of aryl methyl sites for hydroxylation is 3. The summed E-state index contributed by atoms with van der Waals surface area (Å²) in [6, 6.07) is 7.19. The van der Waals surface area contributed by atoms with Crippen LogP contribution in [0.4, 0.5) is 0 Å². The Kier molecular flexibility index (Phi) is 7.94. The van der Waals surface area contributed by atoms with Crippen molar-refractivity contribution >= 4 is 17.7 Å². The molecule has 0 aliphatic heterocycles. The minimum absolute atomic E-state index is 0.0831. The molecule has 0 fully saturated rings. The SMILES string of the molecule is COCC(C)n1c(C)cc(C(=O)COC(=O)CNC(=O)c2ccc(C)c(C)c2)c1C. The van der Waals surface area contributed by atoms with E-state index in [0.717, 1.165) is 22.5 Å². The number of carbonyl (C=O) groups is 3. The van der Waals surface area contributed by atoms with Gasteiger partial charge in [0, 0.05) is 29.6 Å². The third-order valence-electron chi connectivity index (χ3n) is 5.16. The van der Waals surface area contributed by atoms with E-state index in [9.17, 15) is 14.4 Å². The number of hydrogen-bond donors (Lipinski definition) is 1. The number of nitrogens with zero attached hydrogens (tertiary/aromatic N) is 1. The molecule has 1 aromatic carbocycles. The van der Waals surface area contributed by atoms with E-state index in [2.05, 4.69) is 5.32 Å². The predicted molar refractivity (Wildman–Crippen MR) is 114 cm³/mol. The van der Waals surface area contributed by atoms with Gasteiger partial charge in [-0.15, -0.1) is 0 Å². The summed E-state index contributed by atoms with van der Waals surface area (Å²) in [5.41, 5.74) is 4.81. The number of ketones is 1. The largest absolute Gasteiger partial charge is 0.456 e. The molecule has 30 heavy (non-hydrogen) atoms. The molecule has 1 aromatic heterocycles. The van der Waals surface area contributed by atoms with E-state index in [4.69, 9.17) is 9.47 Å². The molecule has 1 atom stereocenters. The van der Waals surface area contributed by atoms with Crippen LogP contribution in [0.25, 0.3) is 0 Å². The van der Waals surface area contributed by atoms with Gasteiger partial charge in [-0.05, 0) is 63.9 Å². The van der Waals surface area contributed by atoms with Crippen molar-refractivity contribution in [2.45, 2.75) is 40.7 Å². The summed E-state index contributed by atoms with van der Waals surface area (Å²) in [6.45, 7) is 9.52. The van der Waals surface area contributed by atoms with E-state index in [1.165, 1.54) is 0 Å². The normalized spacial score (nSPS) is 11.8. The van der Waals surface area contributed by atoms with Crippen LogP contribution in [0.2, 0.25) is 0 Å². The first-order valence-corrected chi connectivity index (χ1v) is 9.87. The molecule has 0 aliphatic rings. The van der Waals surface area contributed by atoms with E-state index in [1.807, 2.05) is 45.3 Å². The van der Waals surface area contributed by atoms with Crippen LogP contribution in [0.1, 0.15) is 56.2 Å². The van der Waals surface area contributed by atoms with Gasteiger partial charge in [0.25, 0.3) is 5.91 Å². The Hall–Kier alpha value is -2.93. The first-order chi connectivity index (χ1) is 14.1. The quantitative estimate of drug-likeness (QED) is 0.503. The Balaban J connectivity index is 1.90. The van der Waals surface area contributed by atoms with Gasteiger partial charge in [-0.1, -0.05) is 6.07 Å². The molecule has 7 heteroatoms. The molecule has 0 saturated carbocycles. The third kappa shape index (κ3) is 5.57. The summed E-state index contributed by atoms with van der Waals surface area (Å²) in [7, 11) is 1.63. The maximum absolute atomic E-state index is 12.5. The van der Waals surface area contributed by atoms with Crippen molar-refractivity contribution in [2.24, 2.45) is 0 Å². The summed E-state index contributed by atoms with van der Waals surface area (Å²) in [4.78, 5) is 36.7. The number of benzene rings is 1. The van der Waals surface area contributed by atoms with E-state index < -0.39 is 5.97 Å². The van der Waals surface area contributed by atoms with Crippen molar-refractivity contribution in [2.75, 3.05) is 26.9 Å². The van der Waals surface area contributed by atoms with E-state index in [-0.39, 0.29) is 30.9 Å². The second-order valence-electron chi connectivity index (χ2n) is 7.52. The fraction of sp³-hybridized carbons (Fsp3) is 0.435. The Morgan fingerprint density at radius 1 is 1.07 bits per heavy atom. The number of ether oxygens (including phenoxy) is 2. The molecule has 0 spiro atoms. The lowest BCUT2D eigenvalue weighted by Gasteiger charge is -2.17. The lowest BCUT2D eigenvalue weighted by Crippen LogP contribution is -2.31. The van der Waals surface area contributed by atoms with Crippen molar-refractivity contribution in [1.82, 2.24) is 9.88 Å². The van der Waals surface area contributed by atoms with Crippen LogP contribution in [-0.2, 0) is 14.3 Å². The topological polar surface area (TPSA) is 86.6 Å². The molecule has 0 aliphatic carbocycles. The average molecular weight is 415 g/mol. The van der Waals surface area contributed by atoms with Crippen molar-refractivity contribution in [3.8, 4) is 0 Å². The Labute approximate surface area is 177 Å². The molecule has 162 valence electrons. The van der Waals surface area contributed by atoms with E-state index in [1.54, 1.807) is 25.3 Å². The summed E-state index contributed by atoms with van der Waals surface area (Å²) in [5, 5.41) is 2.52. The second kappa shape index (κ2) is 10.2. The molecule has 2 aromatic rings. The lowest BCUT2D eigenvalue weighted by molar-refractivity contribution is -0.141. The molecule has 2 rings (SSSR count). The fourth-order valence-electron chi connectivity index (χ4n) is 3.47. The zero-order valence-electron chi connectivity index (χ0n) is 18.5. The number of carbonyl (C=O) groups excluding carboxylic acids is 3. The summed E-state index contributed by atoms with van der Waals surface area (Å²) in [6.07, 6.45) is 0. The molecule has 1 N–H and O–H groups in total. The monoisotopic (exact) mass is 414 g/mol. The molecular formula is C23H30N2O5. The van der Waals surface area contributed by atoms with Crippen LogP contribution in [0.15, 0.2) is 24.3 Å². The smallest absolute Gasteiger partial charge is 0.325 e. The highest BCUT2D eigenvalue weighted by molar-refractivity contribution is 6.00. The summed E-state index contributed by atoms with van der Waals surface area (Å²) < 4.78 is 12.3. The van der Waals surface area contributed by atoms with Gasteiger partial charge in [-0.2, -0.15) is 0 Å². The lowest BCUT2D eigenvalue weighted by atomic mass is 10.1. The Bertz CT molecular complexity index is 945. The van der Waals surface area contributed by atoms with Gasteiger partial charge in [0.05, 0.1) is 12.6 Å². The highest BCUT2D eigenvalue weighted by Crippen LogP contribution is 2.21. The minimum atomic E-state index is -0.665. The zero-order valence-corrected chi connectivity index (χ0v) is 18.5. The molecular weight excluding hydrogens is 384 g/mol. The minimum Gasteiger partial charge on any atom is -0.456 e. The number of esters is 1. The second-order valence-corrected chi connectivity index (χ2v) is 7.52. The van der Waals surface area contributed by atoms with Crippen LogP contribution in [0, 0.1) is 27.7 Å². The fourth-order valence-corrected chi connectivity index (χ4v) is 3.47. The first-order valence-electron chi connectivity index (χ1n) is 9.87. The predicted octanol–water partition coefficient (Wildman–Crippen LogP) is 3.09. The summed E-state index contributed by atoms with van der Waals surface area (Å²) in [5.74, 6) is -1.31. The number of amides is 1. The standard InChI is InChI=1S/C23H30N2O5/c1-14-7-8-19(9-15(14)2)23(28)24-11-22(27)30-13-21(26)20-10-16(3)25(18(20)5)17(4)12-29-6/h7-10,17H,11-13H2,1-6H3,(H,24,28). The number of aromatic nitrogens is 1. The molecule has 1 heterocycles. The van der Waals surface area contributed by atoms with Crippen LogP contribution in [0.3, 0.4) is 0 Å². The number of hydrogen-bond acceptors (Lipinski definition) is 5. The molecule has 0 bridgehead atoms. The highest BCUT2D eigenvalue weighted by Gasteiger charge is 2.20. The van der Waals surface area contributed by atoms with Crippen molar-refractivity contribution in [3.63, 3.8) is 0 Å². The Morgan fingerprint density at radius 3 is 2.40 bits per heavy atom. The average Bonchev–Trinajstić information content (AvgIpc) is 3.00. The van der Waals surface area contributed by atoms with E-state index in [0.29, 0.717) is 17.7 Å². The van der Waals surface area contributed by atoms with Crippen molar-refractivity contribution < 1.29 is 23.9 Å². The van der Waals surface area contributed by atoms with Crippen LogP contribution in [-0.4, -0.2) is 49.1 Å². The highest BCUT2D eigenvalue weighted by atomic mass is 16.5. The summed E-state index contributed by atoms with van der Waals surface area (Å²) >= 11 is 0. The van der Waals surface area contributed by atoms with Gasteiger partial charge in [0.15, 0.2) is 6.61 Å².